The van der Waals surface area contributed by atoms with Crippen molar-refractivity contribution in [3.63, 3.8) is 0 Å². The zero-order chi connectivity index (χ0) is 19.1. The van der Waals surface area contributed by atoms with Crippen LogP contribution in [0.2, 0.25) is 0 Å². The number of carbonyl (C=O) groups is 2. The summed E-state index contributed by atoms with van der Waals surface area (Å²) in [6, 6.07) is 15.1. The summed E-state index contributed by atoms with van der Waals surface area (Å²) >= 11 is 0. The summed E-state index contributed by atoms with van der Waals surface area (Å²) in [5.41, 5.74) is 3.28. The normalized spacial score (nSPS) is 12.9. The topological polar surface area (TPSA) is 75.6 Å². The Morgan fingerprint density at radius 2 is 1.65 bits per heavy atom. The zero-order valence-electron chi connectivity index (χ0n) is 15.4. The molecule has 0 aliphatic rings. The second kappa shape index (κ2) is 9.04. The van der Waals surface area contributed by atoms with Crippen LogP contribution in [-0.2, 0) is 16.0 Å². The zero-order valence-corrected chi connectivity index (χ0v) is 15.4. The van der Waals surface area contributed by atoms with Crippen molar-refractivity contribution in [3.05, 3.63) is 65.2 Å². The van der Waals surface area contributed by atoms with E-state index in [9.17, 15) is 9.59 Å². The summed E-state index contributed by atoms with van der Waals surface area (Å²) in [6.07, 6.45) is 0.695. The van der Waals surface area contributed by atoms with E-state index in [-0.39, 0.29) is 24.5 Å². The van der Waals surface area contributed by atoms with Crippen molar-refractivity contribution < 1.29 is 19.4 Å². The van der Waals surface area contributed by atoms with Crippen molar-refractivity contribution in [2.24, 2.45) is 5.92 Å². The van der Waals surface area contributed by atoms with E-state index < -0.39 is 5.97 Å². The van der Waals surface area contributed by atoms with Crippen LogP contribution in [0.25, 0.3) is 0 Å². The monoisotopic (exact) mass is 355 g/mol. The highest BCUT2D eigenvalue weighted by Gasteiger charge is 2.16. The molecule has 2 atom stereocenters. The van der Waals surface area contributed by atoms with E-state index >= 15 is 0 Å². The first-order valence-corrected chi connectivity index (χ1v) is 8.65. The fraction of sp³-hybridized carbons (Fsp3) is 0.333. The molecule has 0 saturated heterocycles. The van der Waals surface area contributed by atoms with E-state index in [2.05, 4.69) is 29.6 Å². The lowest BCUT2D eigenvalue weighted by Crippen LogP contribution is -2.32. The second-order valence-electron chi connectivity index (χ2n) is 6.57. The Morgan fingerprint density at radius 3 is 2.23 bits per heavy atom. The van der Waals surface area contributed by atoms with Gasteiger partial charge in [0.1, 0.15) is 5.75 Å². The summed E-state index contributed by atoms with van der Waals surface area (Å²) < 4.78 is 5.11. The summed E-state index contributed by atoms with van der Waals surface area (Å²) in [6.45, 7) is 5.51. The molecular formula is C21H25NO4. The maximum Gasteiger partial charge on any atom is 0.341 e. The number of carboxylic acids is 1. The molecule has 0 bridgehead atoms. The van der Waals surface area contributed by atoms with Crippen LogP contribution in [0.5, 0.6) is 5.75 Å². The van der Waals surface area contributed by atoms with Crippen molar-refractivity contribution in [2.75, 3.05) is 6.61 Å². The highest BCUT2D eigenvalue weighted by molar-refractivity contribution is 5.79. The maximum atomic E-state index is 12.4. The van der Waals surface area contributed by atoms with Crippen LogP contribution >= 0.6 is 0 Å². The smallest absolute Gasteiger partial charge is 0.341 e. The lowest BCUT2D eigenvalue weighted by Gasteiger charge is -2.18. The van der Waals surface area contributed by atoms with E-state index in [1.54, 1.807) is 12.1 Å². The van der Waals surface area contributed by atoms with Crippen LogP contribution in [0, 0.1) is 12.8 Å². The summed E-state index contributed by atoms with van der Waals surface area (Å²) in [5.74, 6) is -0.651. The highest BCUT2D eigenvalue weighted by atomic mass is 16.5. The summed E-state index contributed by atoms with van der Waals surface area (Å²) in [5, 5.41) is 11.6. The van der Waals surface area contributed by atoms with Gasteiger partial charge < -0.3 is 15.2 Å². The number of benzene rings is 2. The minimum atomic E-state index is -1.02. The third kappa shape index (κ3) is 5.92. The molecule has 0 saturated carbocycles. The lowest BCUT2D eigenvalue weighted by molar-refractivity contribution is -0.139. The number of aryl methyl sites for hydroxylation is 1. The van der Waals surface area contributed by atoms with Crippen LogP contribution in [0.4, 0.5) is 0 Å². The number of ether oxygens (including phenoxy) is 1. The highest BCUT2D eigenvalue weighted by Crippen LogP contribution is 2.19. The van der Waals surface area contributed by atoms with Crippen LogP contribution in [0.3, 0.4) is 0 Å². The predicted octanol–water partition coefficient (Wildman–Crippen LogP) is 3.51. The summed E-state index contributed by atoms with van der Waals surface area (Å²) in [4.78, 5) is 22.9. The number of hydrogen-bond donors (Lipinski definition) is 2. The minimum Gasteiger partial charge on any atom is -0.482 e. The van der Waals surface area contributed by atoms with Gasteiger partial charge in [-0.3, -0.25) is 4.79 Å². The number of amides is 1. The van der Waals surface area contributed by atoms with Crippen LogP contribution in [0.15, 0.2) is 48.5 Å². The second-order valence-corrected chi connectivity index (χ2v) is 6.57. The number of nitrogens with one attached hydrogen (secondary N) is 1. The van der Waals surface area contributed by atoms with Crippen LogP contribution in [-0.4, -0.2) is 23.6 Å². The molecule has 2 N–H and O–H groups in total. The molecule has 5 nitrogen and oxygen atoms in total. The molecule has 0 heterocycles. The van der Waals surface area contributed by atoms with E-state index in [0.29, 0.717) is 12.2 Å². The minimum absolute atomic E-state index is 0.00396. The Labute approximate surface area is 154 Å². The third-order valence-electron chi connectivity index (χ3n) is 4.21. The van der Waals surface area contributed by atoms with E-state index in [1.165, 1.54) is 5.56 Å². The Kier molecular flexibility index (Phi) is 6.78. The largest absolute Gasteiger partial charge is 0.482 e. The predicted molar refractivity (Wildman–Crippen MR) is 100 cm³/mol. The van der Waals surface area contributed by atoms with Gasteiger partial charge in [0.15, 0.2) is 6.61 Å². The van der Waals surface area contributed by atoms with Crippen molar-refractivity contribution in [1.29, 1.82) is 0 Å². The van der Waals surface area contributed by atoms with Crippen molar-refractivity contribution in [1.82, 2.24) is 5.32 Å². The lowest BCUT2D eigenvalue weighted by atomic mass is 9.98. The molecular weight excluding hydrogens is 330 g/mol. The number of rotatable bonds is 8. The molecule has 0 aliphatic heterocycles. The quantitative estimate of drug-likeness (QED) is 0.760. The standard InChI is InChI=1S/C21H25NO4/c1-14-4-6-17(7-5-14)12-15(2)21(25)22-16(3)18-8-10-19(11-9-18)26-13-20(23)24/h4-11,15-16H,12-13H2,1-3H3,(H,22,25)(H,23,24). The van der Waals surface area contributed by atoms with Gasteiger partial charge in [0.25, 0.3) is 0 Å². The molecule has 138 valence electrons. The molecule has 0 spiro atoms. The fourth-order valence-electron chi connectivity index (χ4n) is 2.61. The average Bonchev–Trinajstić information content (AvgIpc) is 2.62. The first-order chi connectivity index (χ1) is 12.3. The third-order valence-corrected chi connectivity index (χ3v) is 4.21. The van der Waals surface area contributed by atoms with Gasteiger partial charge in [0.05, 0.1) is 6.04 Å². The number of hydrogen-bond acceptors (Lipinski definition) is 3. The Hall–Kier alpha value is -2.82. The molecule has 0 radical (unpaired) electrons. The van der Waals surface area contributed by atoms with E-state index in [0.717, 1.165) is 11.1 Å². The van der Waals surface area contributed by atoms with Gasteiger partial charge in [0, 0.05) is 5.92 Å². The molecule has 2 unspecified atom stereocenters. The van der Waals surface area contributed by atoms with Gasteiger partial charge >= 0.3 is 5.97 Å². The molecule has 2 aromatic carbocycles. The molecule has 0 aromatic heterocycles. The maximum absolute atomic E-state index is 12.4. The van der Waals surface area contributed by atoms with E-state index in [4.69, 9.17) is 9.84 Å². The van der Waals surface area contributed by atoms with Crippen molar-refractivity contribution >= 4 is 11.9 Å². The molecule has 2 aromatic rings. The van der Waals surface area contributed by atoms with Gasteiger partial charge in [-0.25, -0.2) is 4.79 Å². The van der Waals surface area contributed by atoms with Gasteiger partial charge in [-0.15, -0.1) is 0 Å². The number of aliphatic carboxylic acids is 1. The summed E-state index contributed by atoms with van der Waals surface area (Å²) in [7, 11) is 0. The van der Waals surface area contributed by atoms with Gasteiger partial charge in [-0.05, 0) is 43.5 Å². The molecule has 0 aliphatic carbocycles. The number of carboxylic acid groups (broad SMARTS) is 1. The Balaban J connectivity index is 1.89. The van der Waals surface area contributed by atoms with E-state index in [1.807, 2.05) is 32.9 Å². The Bertz CT molecular complexity index is 738. The average molecular weight is 355 g/mol. The number of carbonyl (C=O) groups excluding carboxylic acids is 1. The molecule has 26 heavy (non-hydrogen) atoms. The Morgan fingerprint density at radius 1 is 1.04 bits per heavy atom. The molecule has 1 amide bonds. The first-order valence-electron chi connectivity index (χ1n) is 8.65. The van der Waals surface area contributed by atoms with Crippen molar-refractivity contribution in [2.45, 2.75) is 33.2 Å². The molecule has 0 fully saturated rings. The molecule has 2 rings (SSSR count). The van der Waals surface area contributed by atoms with Gasteiger partial charge in [-0.1, -0.05) is 48.9 Å². The molecule has 5 heteroatoms. The van der Waals surface area contributed by atoms with Crippen LogP contribution in [0.1, 0.15) is 36.6 Å². The van der Waals surface area contributed by atoms with Crippen molar-refractivity contribution in [3.8, 4) is 5.75 Å². The van der Waals surface area contributed by atoms with Gasteiger partial charge in [0.2, 0.25) is 5.91 Å². The van der Waals surface area contributed by atoms with Gasteiger partial charge in [-0.2, -0.15) is 0 Å². The fourth-order valence-corrected chi connectivity index (χ4v) is 2.61. The SMILES string of the molecule is Cc1ccc(CC(C)C(=O)NC(C)c2ccc(OCC(=O)O)cc2)cc1. The first kappa shape index (κ1) is 19.5. The van der Waals surface area contributed by atoms with Crippen LogP contribution < -0.4 is 10.1 Å².